The molecule has 0 radical (unpaired) electrons. The minimum absolute atomic E-state index is 0.0621. The van der Waals surface area contributed by atoms with Crippen LogP contribution in [0.25, 0.3) is 0 Å². The number of amides is 2. The first-order valence-electron chi connectivity index (χ1n) is 6.56. The molecule has 0 saturated heterocycles. The molecule has 0 heterocycles. The summed E-state index contributed by atoms with van der Waals surface area (Å²) in [5.41, 5.74) is 1.31. The Labute approximate surface area is 139 Å². The molecule has 0 atom stereocenters. The summed E-state index contributed by atoms with van der Waals surface area (Å²) in [6.07, 6.45) is 0. The average molecular weight is 355 g/mol. The molecule has 6 nitrogen and oxygen atoms in total. The third kappa shape index (κ3) is 4.37. The second kappa shape index (κ2) is 6.89. The molecule has 0 fully saturated rings. The predicted molar refractivity (Wildman–Crippen MR) is 88.5 cm³/mol. The molecule has 0 aromatic heterocycles. The molecule has 2 aromatic carbocycles. The molecular weight excluding hydrogens is 340 g/mol. The van der Waals surface area contributed by atoms with Crippen molar-refractivity contribution < 1.29 is 17.9 Å². The lowest BCUT2D eigenvalue weighted by molar-refractivity contribution is 0.256. The van der Waals surface area contributed by atoms with Crippen molar-refractivity contribution in [3.8, 4) is 5.75 Å². The third-order valence-electron chi connectivity index (χ3n) is 2.96. The van der Waals surface area contributed by atoms with E-state index in [9.17, 15) is 13.2 Å². The van der Waals surface area contributed by atoms with Crippen molar-refractivity contribution in [3.05, 3.63) is 53.1 Å². The quantitative estimate of drug-likeness (QED) is 0.883. The van der Waals surface area contributed by atoms with Crippen LogP contribution in [0.1, 0.15) is 5.56 Å². The first-order valence-corrected chi connectivity index (χ1v) is 8.42. The van der Waals surface area contributed by atoms with Crippen LogP contribution in [0.2, 0.25) is 5.02 Å². The highest BCUT2D eigenvalue weighted by molar-refractivity contribution is 7.90. The number of anilines is 1. The van der Waals surface area contributed by atoms with Crippen LogP contribution >= 0.6 is 11.6 Å². The molecule has 23 heavy (non-hydrogen) atoms. The fourth-order valence-electron chi connectivity index (χ4n) is 1.84. The normalized spacial score (nSPS) is 10.9. The van der Waals surface area contributed by atoms with Crippen LogP contribution in [0.4, 0.5) is 10.5 Å². The maximum atomic E-state index is 12.1. The number of urea groups is 1. The van der Waals surface area contributed by atoms with Crippen LogP contribution in [0.5, 0.6) is 5.75 Å². The summed E-state index contributed by atoms with van der Waals surface area (Å²) < 4.78 is 31.3. The van der Waals surface area contributed by atoms with E-state index in [-0.39, 0.29) is 4.90 Å². The molecule has 2 amide bonds. The number of rotatable bonds is 4. The molecule has 0 aliphatic rings. The van der Waals surface area contributed by atoms with Crippen molar-refractivity contribution in [1.29, 1.82) is 0 Å². The highest BCUT2D eigenvalue weighted by Crippen LogP contribution is 2.25. The van der Waals surface area contributed by atoms with Gasteiger partial charge in [0, 0.05) is 5.02 Å². The van der Waals surface area contributed by atoms with Gasteiger partial charge in [-0.15, -0.1) is 0 Å². The number of hydrogen-bond donors (Lipinski definition) is 2. The molecule has 0 bridgehead atoms. The highest BCUT2D eigenvalue weighted by atomic mass is 35.5. The standard InChI is InChI=1S/C15H15ClN2O4S/c1-10-3-8-13(14(9-10)22-2)17-15(19)18-23(20,21)12-6-4-11(16)5-7-12/h3-9H,1-2H3,(H2,17,18,19). The van der Waals surface area contributed by atoms with Gasteiger partial charge < -0.3 is 10.1 Å². The van der Waals surface area contributed by atoms with Crippen LogP contribution in [0, 0.1) is 6.92 Å². The number of hydrogen-bond acceptors (Lipinski definition) is 4. The van der Waals surface area contributed by atoms with Gasteiger partial charge in [0.25, 0.3) is 10.0 Å². The molecule has 0 aliphatic heterocycles. The number of ether oxygens (including phenoxy) is 1. The van der Waals surface area contributed by atoms with Gasteiger partial charge in [-0.25, -0.2) is 17.9 Å². The molecular formula is C15H15ClN2O4S. The zero-order chi connectivity index (χ0) is 17.0. The highest BCUT2D eigenvalue weighted by Gasteiger charge is 2.18. The van der Waals surface area contributed by atoms with Gasteiger partial charge in [0.15, 0.2) is 0 Å². The second-order valence-corrected chi connectivity index (χ2v) is 6.84. The topological polar surface area (TPSA) is 84.5 Å². The van der Waals surface area contributed by atoms with Gasteiger partial charge in [-0.1, -0.05) is 17.7 Å². The van der Waals surface area contributed by atoms with Gasteiger partial charge >= 0.3 is 6.03 Å². The SMILES string of the molecule is COc1cc(C)ccc1NC(=O)NS(=O)(=O)c1ccc(Cl)cc1. The third-order valence-corrected chi connectivity index (χ3v) is 4.56. The summed E-state index contributed by atoms with van der Waals surface area (Å²) in [4.78, 5) is 11.9. The van der Waals surface area contributed by atoms with Crippen LogP contribution in [-0.4, -0.2) is 21.6 Å². The van der Waals surface area contributed by atoms with Crippen LogP contribution in [0.3, 0.4) is 0 Å². The van der Waals surface area contributed by atoms with E-state index in [4.69, 9.17) is 16.3 Å². The molecule has 8 heteroatoms. The lowest BCUT2D eigenvalue weighted by Crippen LogP contribution is -2.34. The van der Waals surface area contributed by atoms with E-state index >= 15 is 0 Å². The first-order chi connectivity index (χ1) is 10.8. The minimum Gasteiger partial charge on any atom is -0.495 e. The number of benzene rings is 2. The van der Waals surface area contributed by atoms with Crippen LogP contribution in [-0.2, 0) is 10.0 Å². The summed E-state index contributed by atoms with van der Waals surface area (Å²) in [6.45, 7) is 1.87. The maximum absolute atomic E-state index is 12.1. The Morgan fingerprint density at radius 2 is 1.78 bits per heavy atom. The molecule has 2 N–H and O–H groups in total. The van der Waals surface area contributed by atoms with E-state index in [1.165, 1.54) is 31.4 Å². The number of sulfonamides is 1. The van der Waals surface area contributed by atoms with E-state index in [0.29, 0.717) is 16.5 Å². The number of halogens is 1. The van der Waals surface area contributed by atoms with Crippen LogP contribution in [0.15, 0.2) is 47.4 Å². The summed E-state index contributed by atoms with van der Waals surface area (Å²) in [7, 11) is -2.52. The van der Waals surface area contributed by atoms with Crippen molar-refractivity contribution in [3.63, 3.8) is 0 Å². The Morgan fingerprint density at radius 3 is 2.39 bits per heavy atom. The zero-order valence-electron chi connectivity index (χ0n) is 12.5. The van der Waals surface area contributed by atoms with Gasteiger partial charge in [-0.2, -0.15) is 0 Å². The van der Waals surface area contributed by atoms with Crippen molar-refractivity contribution in [1.82, 2.24) is 4.72 Å². The Bertz CT molecular complexity index is 820. The lowest BCUT2D eigenvalue weighted by Gasteiger charge is -2.12. The van der Waals surface area contributed by atoms with Crippen molar-refractivity contribution in [2.24, 2.45) is 0 Å². The van der Waals surface area contributed by atoms with Crippen molar-refractivity contribution >= 4 is 33.3 Å². The Kier molecular flexibility index (Phi) is 5.12. The number of nitrogens with one attached hydrogen (secondary N) is 2. The smallest absolute Gasteiger partial charge is 0.333 e. The van der Waals surface area contributed by atoms with E-state index in [1.54, 1.807) is 18.2 Å². The molecule has 122 valence electrons. The lowest BCUT2D eigenvalue weighted by atomic mass is 10.2. The maximum Gasteiger partial charge on any atom is 0.333 e. The second-order valence-electron chi connectivity index (χ2n) is 4.72. The largest absolute Gasteiger partial charge is 0.495 e. The Hall–Kier alpha value is -2.25. The monoisotopic (exact) mass is 354 g/mol. The molecule has 2 rings (SSSR count). The number of aryl methyl sites for hydroxylation is 1. The number of carbonyl (C=O) groups excluding carboxylic acids is 1. The Balaban J connectivity index is 2.14. The van der Waals surface area contributed by atoms with E-state index in [1.807, 2.05) is 11.6 Å². The molecule has 2 aromatic rings. The van der Waals surface area contributed by atoms with Gasteiger partial charge in [0.1, 0.15) is 5.75 Å². The Morgan fingerprint density at radius 1 is 1.13 bits per heavy atom. The van der Waals surface area contributed by atoms with E-state index in [0.717, 1.165) is 5.56 Å². The van der Waals surface area contributed by atoms with Gasteiger partial charge in [0.2, 0.25) is 0 Å². The fourth-order valence-corrected chi connectivity index (χ4v) is 2.88. The number of carbonyl (C=O) groups is 1. The van der Waals surface area contributed by atoms with Gasteiger partial charge in [-0.05, 0) is 48.9 Å². The van der Waals surface area contributed by atoms with Gasteiger partial charge in [-0.3, -0.25) is 0 Å². The molecule has 0 saturated carbocycles. The molecule has 0 unspecified atom stereocenters. The van der Waals surface area contributed by atoms with Crippen molar-refractivity contribution in [2.75, 3.05) is 12.4 Å². The number of methoxy groups -OCH3 is 1. The minimum atomic E-state index is -3.99. The first kappa shape index (κ1) is 17.1. The summed E-state index contributed by atoms with van der Waals surface area (Å²) >= 11 is 5.71. The van der Waals surface area contributed by atoms with Crippen LogP contribution < -0.4 is 14.8 Å². The summed E-state index contributed by atoms with van der Waals surface area (Å²) in [5.74, 6) is 0.434. The average Bonchev–Trinajstić information content (AvgIpc) is 2.49. The van der Waals surface area contributed by atoms with E-state index in [2.05, 4.69) is 5.32 Å². The molecule has 0 spiro atoms. The summed E-state index contributed by atoms with van der Waals surface area (Å²) in [5, 5.41) is 2.85. The fraction of sp³-hybridized carbons (Fsp3) is 0.133. The predicted octanol–water partition coefficient (Wildman–Crippen LogP) is 3.17. The van der Waals surface area contributed by atoms with E-state index < -0.39 is 16.1 Å². The molecule has 0 aliphatic carbocycles. The summed E-state index contributed by atoms with van der Waals surface area (Å²) in [6, 6.07) is 9.71. The van der Waals surface area contributed by atoms with Gasteiger partial charge in [0.05, 0.1) is 17.7 Å². The zero-order valence-corrected chi connectivity index (χ0v) is 14.0. The van der Waals surface area contributed by atoms with Crippen molar-refractivity contribution in [2.45, 2.75) is 11.8 Å².